The Kier molecular flexibility index (Phi) is 4.75. The Balaban J connectivity index is 2.26. The van der Waals surface area contributed by atoms with Crippen LogP contribution in [0.15, 0.2) is 18.2 Å². The highest BCUT2D eigenvalue weighted by atomic mass is 35.5. The second-order valence-electron chi connectivity index (χ2n) is 4.85. The zero-order valence-corrected chi connectivity index (χ0v) is 13.3. The number of aliphatic hydroxyl groups is 1. The van der Waals surface area contributed by atoms with Crippen molar-refractivity contribution in [3.8, 4) is 11.5 Å². The van der Waals surface area contributed by atoms with E-state index in [0.29, 0.717) is 22.2 Å². The molecule has 0 aliphatic heterocycles. The van der Waals surface area contributed by atoms with Crippen LogP contribution in [0.3, 0.4) is 0 Å². The van der Waals surface area contributed by atoms with Gasteiger partial charge < -0.3 is 14.6 Å². The monoisotopic (exact) mass is 310 g/mol. The first-order valence-electron chi connectivity index (χ1n) is 6.60. The molecule has 0 unspecified atom stereocenters. The van der Waals surface area contributed by atoms with Crippen molar-refractivity contribution in [3.63, 3.8) is 0 Å². The van der Waals surface area contributed by atoms with Gasteiger partial charge >= 0.3 is 0 Å². The number of benzene rings is 1. The molecule has 0 aliphatic rings. The molecule has 1 aromatic carbocycles. The van der Waals surface area contributed by atoms with Crippen LogP contribution in [0.4, 0.5) is 0 Å². The Bertz CT molecular complexity index is 638. The van der Waals surface area contributed by atoms with E-state index >= 15 is 0 Å². The molecule has 6 heteroatoms. The third kappa shape index (κ3) is 3.31. The van der Waals surface area contributed by atoms with E-state index in [4.69, 9.17) is 21.1 Å². The molecule has 1 aromatic heterocycles. The van der Waals surface area contributed by atoms with Gasteiger partial charge in [0.05, 0.1) is 18.9 Å². The Labute approximate surface area is 129 Å². The van der Waals surface area contributed by atoms with E-state index in [2.05, 4.69) is 5.10 Å². The van der Waals surface area contributed by atoms with E-state index < -0.39 is 6.10 Å². The standard InChI is InChI=1S/C15H19ClN2O3/c1-9-13(15(16)18(3)17-9)8-21-14-7-11(20-4)5-6-12(14)10(2)19/h5-7,10,19H,8H2,1-4H3/t10-/m1/s1. The van der Waals surface area contributed by atoms with Crippen LogP contribution in [0.2, 0.25) is 5.15 Å². The van der Waals surface area contributed by atoms with E-state index in [1.165, 1.54) is 0 Å². The molecule has 0 bridgehead atoms. The Morgan fingerprint density at radius 2 is 2.14 bits per heavy atom. The molecule has 5 nitrogen and oxygen atoms in total. The molecule has 0 radical (unpaired) electrons. The smallest absolute Gasteiger partial charge is 0.133 e. The molecular weight excluding hydrogens is 292 g/mol. The Morgan fingerprint density at radius 1 is 1.43 bits per heavy atom. The summed E-state index contributed by atoms with van der Waals surface area (Å²) in [4.78, 5) is 0. The lowest BCUT2D eigenvalue weighted by molar-refractivity contribution is 0.190. The number of rotatable bonds is 5. The second kappa shape index (κ2) is 6.37. The van der Waals surface area contributed by atoms with Crippen molar-refractivity contribution in [2.45, 2.75) is 26.6 Å². The lowest BCUT2D eigenvalue weighted by Crippen LogP contribution is -2.02. The number of aliphatic hydroxyl groups excluding tert-OH is 1. The van der Waals surface area contributed by atoms with Crippen LogP contribution < -0.4 is 9.47 Å². The van der Waals surface area contributed by atoms with Crippen molar-refractivity contribution in [1.82, 2.24) is 9.78 Å². The first-order chi connectivity index (χ1) is 9.93. The largest absolute Gasteiger partial charge is 0.497 e. The maximum absolute atomic E-state index is 9.82. The van der Waals surface area contributed by atoms with Gasteiger partial charge in [-0.2, -0.15) is 5.10 Å². The maximum atomic E-state index is 9.82. The normalized spacial score (nSPS) is 12.3. The summed E-state index contributed by atoms with van der Waals surface area (Å²) >= 11 is 6.19. The van der Waals surface area contributed by atoms with E-state index in [1.807, 2.05) is 6.92 Å². The lowest BCUT2D eigenvalue weighted by Gasteiger charge is -2.14. The minimum absolute atomic E-state index is 0.283. The molecule has 1 heterocycles. The SMILES string of the molecule is COc1ccc([C@@H](C)O)c(OCc2c(C)nn(C)c2Cl)c1. The topological polar surface area (TPSA) is 56.5 Å². The number of hydrogen-bond acceptors (Lipinski definition) is 4. The first kappa shape index (κ1) is 15.7. The van der Waals surface area contributed by atoms with Crippen molar-refractivity contribution < 1.29 is 14.6 Å². The van der Waals surface area contributed by atoms with Gasteiger partial charge in [-0.15, -0.1) is 0 Å². The fraction of sp³-hybridized carbons (Fsp3) is 0.400. The van der Waals surface area contributed by atoms with Gasteiger partial charge in [-0.25, -0.2) is 0 Å². The number of ether oxygens (including phenoxy) is 2. The van der Waals surface area contributed by atoms with Crippen molar-refractivity contribution >= 4 is 11.6 Å². The molecule has 2 aromatic rings. The van der Waals surface area contributed by atoms with E-state index in [9.17, 15) is 5.11 Å². The number of methoxy groups -OCH3 is 1. The van der Waals surface area contributed by atoms with Crippen LogP contribution in [-0.4, -0.2) is 22.0 Å². The highest BCUT2D eigenvalue weighted by molar-refractivity contribution is 6.30. The molecule has 1 atom stereocenters. The summed E-state index contributed by atoms with van der Waals surface area (Å²) in [6.07, 6.45) is -0.628. The predicted octanol–water partition coefficient (Wildman–Crippen LogP) is 3.02. The van der Waals surface area contributed by atoms with Crippen LogP contribution in [0.25, 0.3) is 0 Å². The van der Waals surface area contributed by atoms with Gasteiger partial charge in [0.25, 0.3) is 0 Å². The maximum Gasteiger partial charge on any atom is 0.133 e. The van der Waals surface area contributed by atoms with Gasteiger partial charge in [-0.3, -0.25) is 4.68 Å². The van der Waals surface area contributed by atoms with Gasteiger partial charge in [0.15, 0.2) is 0 Å². The summed E-state index contributed by atoms with van der Waals surface area (Å²) in [5.41, 5.74) is 2.36. The minimum Gasteiger partial charge on any atom is -0.497 e. The third-order valence-corrected chi connectivity index (χ3v) is 3.79. The van der Waals surface area contributed by atoms with Crippen LogP contribution in [-0.2, 0) is 13.7 Å². The highest BCUT2D eigenvalue weighted by Gasteiger charge is 2.15. The van der Waals surface area contributed by atoms with Gasteiger partial charge in [0, 0.05) is 24.2 Å². The highest BCUT2D eigenvalue weighted by Crippen LogP contribution is 2.31. The van der Waals surface area contributed by atoms with Crippen LogP contribution in [0, 0.1) is 6.92 Å². The van der Waals surface area contributed by atoms with Gasteiger partial charge in [0.1, 0.15) is 23.3 Å². The third-order valence-electron chi connectivity index (χ3n) is 3.31. The fourth-order valence-electron chi connectivity index (χ4n) is 2.10. The van der Waals surface area contributed by atoms with E-state index in [-0.39, 0.29) is 6.61 Å². The molecule has 0 spiro atoms. The van der Waals surface area contributed by atoms with Crippen LogP contribution in [0.5, 0.6) is 11.5 Å². The average Bonchev–Trinajstić information content (AvgIpc) is 2.69. The summed E-state index contributed by atoms with van der Waals surface area (Å²) in [5.74, 6) is 1.24. The number of aryl methyl sites for hydroxylation is 2. The molecular formula is C15H19ClN2O3. The Morgan fingerprint density at radius 3 is 2.67 bits per heavy atom. The quantitative estimate of drug-likeness (QED) is 0.922. The Hall–Kier alpha value is -1.72. The summed E-state index contributed by atoms with van der Waals surface area (Å²) in [6, 6.07) is 5.33. The molecule has 0 fully saturated rings. The summed E-state index contributed by atoms with van der Waals surface area (Å²) in [6.45, 7) is 3.86. The summed E-state index contributed by atoms with van der Waals surface area (Å²) < 4.78 is 12.6. The van der Waals surface area contributed by atoms with Gasteiger partial charge in [-0.05, 0) is 26.0 Å². The zero-order valence-electron chi connectivity index (χ0n) is 12.6. The molecule has 1 N–H and O–H groups in total. The molecule has 2 rings (SSSR count). The summed E-state index contributed by atoms with van der Waals surface area (Å²) in [7, 11) is 3.37. The molecule has 0 saturated heterocycles. The number of aromatic nitrogens is 2. The second-order valence-corrected chi connectivity index (χ2v) is 5.20. The summed E-state index contributed by atoms with van der Waals surface area (Å²) in [5, 5.41) is 14.6. The minimum atomic E-state index is -0.628. The molecule has 0 saturated carbocycles. The zero-order chi connectivity index (χ0) is 15.6. The fourth-order valence-corrected chi connectivity index (χ4v) is 2.33. The number of nitrogens with zero attached hydrogens (tertiary/aromatic N) is 2. The average molecular weight is 311 g/mol. The molecule has 21 heavy (non-hydrogen) atoms. The van der Waals surface area contributed by atoms with Crippen molar-refractivity contribution in [2.24, 2.45) is 7.05 Å². The first-order valence-corrected chi connectivity index (χ1v) is 6.98. The lowest BCUT2D eigenvalue weighted by atomic mass is 10.1. The van der Waals surface area contributed by atoms with E-state index in [0.717, 1.165) is 11.3 Å². The van der Waals surface area contributed by atoms with Gasteiger partial charge in [0.2, 0.25) is 0 Å². The number of halogens is 1. The van der Waals surface area contributed by atoms with E-state index in [1.54, 1.807) is 44.0 Å². The van der Waals surface area contributed by atoms with Crippen molar-refractivity contribution in [3.05, 3.63) is 40.2 Å². The van der Waals surface area contributed by atoms with Crippen molar-refractivity contribution in [2.75, 3.05) is 7.11 Å². The predicted molar refractivity (Wildman–Crippen MR) is 80.9 cm³/mol. The molecule has 114 valence electrons. The molecule has 0 amide bonds. The van der Waals surface area contributed by atoms with Crippen LogP contribution >= 0.6 is 11.6 Å². The molecule has 0 aliphatic carbocycles. The number of hydrogen-bond donors (Lipinski definition) is 1. The van der Waals surface area contributed by atoms with Crippen molar-refractivity contribution in [1.29, 1.82) is 0 Å². The van der Waals surface area contributed by atoms with Gasteiger partial charge in [-0.1, -0.05) is 11.6 Å². The van der Waals surface area contributed by atoms with Crippen LogP contribution in [0.1, 0.15) is 29.8 Å².